The highest BCUT2D eigenvalue weighted by atomic mass is 19.1. The predicted octanol–water partition coefficient (Wildman–Crippen LogP) is 3.63. The number of carbonyl (C=O) groups excluding carboxylic acids is 1. The fourth-order valence-corrected chi connectivity index (χ4v) is 2.09. The lowest BCUT2D eigenvalue weighted by molar-refractivity contribution is 0.0992. The highest BCUT2D eigenvalue weighted by molar-refractivity contribution is 5.98. The van der Waals surface area contributed by atoms with Crippen LogP contribution in [0.15, 0.2) is 42.5 Å². The maximum absolute atomic E-state index is 13.1. The largest absolute Gasteiger partial charge is 0.378 e. The van der Waals surface area contributed by atoms with E-state index >= 15 is 0 Å². The van der Waals surface area contributed by atoms with Crippen LogP contribution in [0.3, 0.4) is 0 Å². The molecule has 0 aliphatic heterocycles. The van der Waals surface area contributed by atoms with Gasteiger partial charge in [0.1, 0.15) is 5.82 Å². The van der Waals surface area contributed by atoms with Crippen molar-refractivity contribution in [1.29, 1.82) is 0 Å². The second kappa shape index (κ2) is 5.87. The quantitative estimate of drug-likeness (QED) is 0.791. The van der Waals surface area contributed by atoms with Gasteiger partial charge in [0.05, 0.1) is 0 Å². The van der Waals surface area contributed by atoms with E-state index in [1.54, 1.807) is 6.07 Å². The summed E-state index contributed by atoms with van der Waals surface area (Å²) in [6.07, 6.45) is 0.295. The minimum atomic E-state index is -0.270. The van der Waals surface area contributed by atoms with Crippen LogP contribution in [0.1, 0.15) is 21.5 Å². The van der Waals surface area contributed by atoms with Gasteiger partial charge < -0.3 is 4.90 Å². The number of hydrogen-bond acceptors (Lipinski definition) is 2. The third-order valence-electron chi connectivity index (χ3n) is 3.34. The fourth-order valence-electron chi connectivity index (χ4n) is 2.09. The standard InChI is InChI=1S/C17H18FNO/c1-12-9-15(18)8-7-13(12)11-17(20)14-5-4-6-16(10-14)19(2)3/h4-10H,11H2,1-3H3. The molecule has 0 radical (unpaired) electrons. The molecule has 0 atom stereocenters. The van der Waals surface area contributed by atoms with Crippen LogP contribution in [0.2, 0.25) is 0 Å². The monoisotopic (exact) mass is 271 g/mol. The molecule has 2 rings (SSSR count). The first kappa shape index (κ1) is 14.3. The van der Waals surface area contributed by atoms with Crippen molar-refractivity contribution in [3.05, 3.63) is 65.0 Å². The summed E-state index contributed by atoms with van der Waals surface area (Å²) >= 11 is 0. The Hall–Kier alpha value is -2.16. The number of anilines is 1. The van der Waals surface area contributed by atoms with Crippen LogP contribution in [0.4, 0.5) is 10.1 Å². The third kappa shape index (κ3) is 3.23. The van der Waals surface area contributed by atoms with E-state index in [4.69, 9.17) is 0 Å². The Bertz CT molecular complexity index is 635. The molecule has 2 aromatic carbocycles. The number of halogens is 1. The molecule has 104 valence electrons. The van der Waals surface area contributed by atoms with Gasteiger partial charge in [0.2, 0.25) is 0 Å². The Kier molecular flexibility index (Phi) is 4.18. The summed E-state index contributed by atoms with van der Waals surface area (Å²) in [7, 11) is 3.88. The number of ketones is 1. The number of Topliss-reactive ketones (excluding diaryl/α,β-unsaturated/α-hetero) is 1. The number of carbonyl (C=O) groups is 1. The summed E-state index contributed by atoms with van der Waals surface area (Å²) < 4.78 is 13.1. The molecule has 0 fully saturated rings. The molecule has 0 bridgehead atoms. The molecule has 0 amide bonds. The Morgan fingerprint density at radius 2 is 1.90 bits per heavy atom. The zero-order chi connectivity index (χ0) is 14.7. The van der Waals surface area contributed by atoms with Crippen LogP contribution in [-0.4, -0.2) is 19.9 Å². The molecule has 0 saturated heterocycles. The molecular formula is C17H18FNO. The topological polar surface area (TPSA) is 20.3 Å². The Balaban J connectivity index is 2.21. The number of aryl methyl sites for hydroxylation is 1. The van der Waals surface area contributed by atoms with Crippen LogP contribution in [0.5, 0.6) is 0 Å². The van der Waals surface area contributed by atoms with Crippen molar-refractivity contribution in [2.45, 2.75) is 13.3 Å². The molecule has 0 unspecified atom stereocenters. The van der Waals surface area contributed by atoms with Gasteiger partial charge in [-0.25, -0.2) is 4.39 Å². The van der Waals surface area contributed by atoms with Gasteiger partial charge in [-0.15, -0.1) is 0 Å². The molecule has 0 heterocycles. The highest BCUT2D eigenvalue weighted by Crippen LogP contribution is 2.17. The number of benzene rings is 2. The van der Waals surface area contributed by atoms with E-state index in [-0.39, 0.29) is 11.6 Å². The Morgan fingerprint density at radius 1 is 1.15 bits per heavy atom. The third-order valence-corrected chi connectivity index (χ3v) is 3.34. The normalized spacial score (nSPS) is 10.4. The molecule has 2 aromatic rings. The van der Waals surface area contributed by atoms with Gasteiger partial charge in [0.15, 0.2) is 5.78 Å². The van der Waals surface area contributed by atoms with Crippen LogP contribution in [0.25, 0.3) is 0 Å². The minimum Gasteiger partial charge on any atom is -0.378 e. The average molecular weight is 271 g/mol. The van der Waals surface area contributed by atoms with Crippen LogP contribution in [-0.2, 0) is 6.42 Å². The van der Waals surface area contributed by atoms with Crippen molar-refractivity contribution in [2.75, 3.05) is 19.0 Å². The van der Waals surface area contributed by atoms with Crippen molar-refractivity contribution < 1.29 is 9.18 Å². The first-order valence-corrected chi connectivity index (χ1v) is 6.53. The second-order valence-corrected chi connectivity index (χ2v) is 5.12. The van der Waals surface area contributed by atoms with E-state index in [0.717, 1.165) is 16.8 Å². The summed E-state index contributed by atoms with van der Waals surface area (Å²) in [6, 6.07) is 12.1. The molecule has 0 saturated carbocycles. The van der Waals surface area contributed by atoms with Gasteiger partial charge >= 0.3 is 0 Å². The zero-order valence-electron chi connectivity index (χ0n) is 12.0. The molecular weight excluding hydrogens is 253 g/mol. The van der Waals surface area contributed by atoms with Gasteiger partial charge in [0, 0.05) is 31.8 Å². The van der Waals surface area contributed by atoms with Gasteiger partial charge in [0.25, 0.3) is 0 Å². The number of rotatable bonds is 4. The Morgan fingerprint density at radius 3 is 2.55 bits per heavy atom. The van der Waals surface area contributed by atoms with Gasteiger partial charge in [-0.3, -0.25) is 4.79 Å². The SMILES string of the molecule is Cc1cc(F)ccc1CC(=O)c1cccc(N(C)C)c1. The van der Waals surface area contributed by atoms with Crippen molar-refractivity contribution in [3.8, 4) is 0 Å². The number of nitrogens with zero attached hydrogens (tertiary/aromatic N) is 1. The maximum Gasteiger partial charge on any atom is 0.167 e. The number of hydrogen-bond donors (Lipinski definition) is 0. The highest BCUT2D eigenvalue weighted by Gasteiger charge is 2.10. The smallest absolute Gasteiger partial charge is 0.167 e. The van der Waals surface area contributed by atoms with Crippen LogP contribution < -0.4 is 4.90 Å². The first-order valence-electron chi connectivity index (χ1n) is 6.53. The maximum atomic E-state index is 13.1. The summed E-state index contributed by atoms with van der Waals surface area (Å²) in [5.41, 5.74) is 3.35. The Labute approximate surface area is 118 Å². The first-order chi connectivity index (χ1) is 9.47. The van der Waals surface area contributed by atoms with Crippen molar-refractivity contribution in [2.24, 2.45) is 0 Å². The van der Waals surface area contributed by atoms with Gasteiger partial charge in [-0.05, 0) is 42.3 Å². The van der Waals surface area contributed by atoms with Crippen molar-refractivity contribution >= 4 is 11.5 Å². The lowest BCUT2D eigenvalue weighted by Gasteiger charge is -2.13. The minimum absolute atomic E-state index is 0.0448. The van der Waals surface area contributed by atoms with Crippen molar-refractivity contribution in [1.82, 2.24) is 0 Å². The van der Waals surface area contributed by atoms with Gasteiger partial charge in [-0.2, -0.15) is 0 Å². The molecule has 0 aliphatic rings. The van der Waals surface area contributed by atoms with E-state index in [0.29, 0.717) is 12.0 Å². The van der Waals surface area contributed by atoms with E-state index in [2.05, 4.69) is 0 Å². The van der Waals surface area contributed by atoms with Crippen LogP contribution in [0, 0.1) is 12.7 Å². The molecule has 0 N–H and O–H groups in total. The van der Waals surface area contributed by atoms with Gasteiger partial charge in [-0.1, -0.05) is 18.2 Å². The second-order valence-electron chi connectivity index (χ2n) is 5.12. The molecule has 20 heavy (non-hydrogen) atoms. The summed E-state index contributed by atoms with van der Waals surface area (Å²) in [5.74, 6) is -0.225. The lowest BCUT2D eigenvalue weighted by Crippen LogP contribution is -2.10. The summed E-state index contributed by atoms with van der Waals surface area (Å²) in [5, 5.41) is 0. The van der Waals surface area contributed by atoms with E-state index < -0.39 is 0 Å². The summed E-state index contributed by atoms with van der Waals surface area (Å²) in [4.78, 5) is 14.3. The fraction of sp³-hybridized carbons (Fsp3) is 0.235. The molecule has 0 aromatic heterocycles. The average Bonchev–Trinajstić information content (AvgIpc) is 2.42. The molecule has 2 nitrogen and oxygen atoms in total. The molecule has 0 spiro atoms. The van der Waals surface area contributed by atoms with E-state index in [9.17, 15) is 9.18 Å². The zero-order valence-corrected chi connectivity index (χ0v) is 12.0. The summed E-state index contributed by atoms with van der Waals surface area (Å²) in [6.45, 7) is 1.82. The lowest BCUT2D eigenvalue weighted by atomic mass is 9.99. The van der Waals surface area contributed by atoms with E-state index in [1.807, 2.05) is 50.2 Å². The molecule has 0 aliphatic carbocycles. The van der Waals surface area contributed by atoms with E-state index in [1.165, 1.54) is 12.1 Å². The van der Waals surface area contributed by atoms with Crippen LogP contribution >= 0.6 is 0 Å². The molecule has 3 heteroatoms. The van der Waals surface area contributed by atoms with Crippen molar-refractivity contribution in [3.63, 3.8) is 0 Å². The predicted molar refractivity (Wildman–Crippen MR) is 79.9 cm³/mol.